The van der Waals surface area contributed by atoms with Crippen LogP contribution in [0, 0.1) is 6.92 Å². The fraction of sp³-hybridized carbons (Fsp3) is 0.381. The molecule has 0 saturated carbocycles. The zero-order valence-electron chi connectivity index (χ0n) is 15.6. The number of carbonyl (C=O) groups excluding carboxylic acids is 1. The van der Waals surface area contributed by atoms with E-state index >= 15 is 0 Å². The van der Waals surface area contributed by atoms with Crippen molar-refractivity contribution in [1.82, 2.24) is 25.2 Å². The number of fused-ring (bicyclic) bond motifs is 1. The largest absolute Gasteiger partial charge is 0.354 e. The number of benzene rings is 1. The van der Waals surface area contributed by atoms with Crippen LogP contribution in [0.1, 0.15) is 35.8 Å². The molecular weight excluding hydrogens is 338 g/mol. The average molecular weight is 363 g/mol. The van der Waals surface area contributed by atoms with Gasteiger partial charge in [0.05, 0.1) is 11.0 Å². The molecule has 1 aromatic carbocycles. The van der Waals surface area contributed by atoms with Gasteiger partial charge in [-0.15, -0.1) is 0 Å². The van der Waals surface area contributed by atoms with Gasteiger partial charge in [-0.05, 0) is 56.1 Å². The maximum absolute atomic E-state index is 12.9. The first-order chi connectivity index (χ1) is 13.2. The molecule has 3 aromatic rings. The molecule has 4 rings (SSSR count). The molecule has 2 aromatic heterocycles. The fourth-order valence-corrected chi connectivity index (χ4v) is 3.81. The van der Waals surface area contributed by atoms with Crippen LogP contribution in [-0.4, -0.2) is 45.4 Å². The minimum atomic E-state index is -0.265. The van der Waals surface area contributed by atoms with Gasteiger partial charge in [-0.2, -0.15) is 0 Å². The van der Waals surface area contributed by atoms with Crippen LogP contribution in [-0.2, 0) is 11.2 Å². The Morgan fingerprint density at radius 2 is 2.11 bits per heavy atom. The number of aromatic amines is 1. The number of pyridine rings is 1. The summed E-state index contributed by atoms with van der Waals surface area (Å²) in [5.74, 6) is 0.941. The van der Waals surface area contributed by atoms with Gasteiger partial charge in [0.15, 0.2) is 0 Å². The maximum Gasteiger partial charge on any atom is 0.242 e. The van der Waals surface area contributed by atoms with E-state index in [0.717, 1.165) is 53.9 Å². The first-order valence-electron chi connectivity index (χ1n) is 9.58. The normalized spacial score (nSPS) is 15.9. The third-order valence-corrected chi connectivity index (χ3v) is 5.18. The Kier molecular flexibility index (Phi) is 5.16. The summed E-state index contributed by atoms with van der Waals surface area (Å²) in [4.78, 5) is 27.4. The number of aromatic nitrogens is 3. The lowest BCUT2D eigenvalue weighted by Gasteiger charge is -2.26. The SMILES string of the molecule is Cc1cccc2[nH]c(CCNC(=O)[C@H](c3cccnc3)N3CCCC3)nc12. The Hall–Kier alpha value is -2.73. The van der Waals surface area contributed by atoms with Crippen LogP contribution in [0.15, 0.2) is 42.7 Å². The molecule has 140 valence electrons. The van der Waals surface area contributed by atoms with E-state index in [4.69, 9.17) is 0 Å². The predicted molar refractivity (Wildman–Crippen MR) is 105 cm³/mol. The lowest BCUT2D eigenvalue weighted by Crippen LogP contribution is -2.40. The van der Waals surface area contributed by atoms with Gasteiger partial charge >= 0.3 is 0 Å². The first kappa shape index (κ1) is 17.7. The van der Waals surface area contributed by atoms with Crippen molar-refractivity contribution in [3.63, 3.8) is 0 Å². The van der Waals surface area contributed by atoms with E-state index in [9.17, 15) is 4.79 Å². The van der Waals surface area contributed by atoms with E-state index in [1.54, 1.807) is 12.4 Å². The molecule has 3 heterocycles. The molecular formula is C21H25N5O. The summed E-state index contributed by atoms with van der Waals surface area (Å²) in [5, 5.41) is 3.10. The van der Waals surface area contributed by atoms with Crippen molar-refractivity contribution in [3.05, 3.63) is 59.7 Å². The van der Waals surface area contributed by atoms with Gasteiger partial charge in [0.25, 0.3) is 0 Å². The Morgan fingerprint density at radius 1 is 1.26 bits per heavy atom. The molecule has 0 spiro atoms. The number of hydrogen-bond acceptors (Lipinski definition) is 4. The number of para-hydroxylation sites is 1. The van der Waals surface area contributed by atoms with Crippen LogP contribution < -0.4 is 5.32 Å². The topological polar surface area (TPSA) is 73.9 Å². The van der Waals surface area contributed by atoms with Crippen LogP contribution in [0.4, 0.5) is 0 Å². The van der Waals surface area contributed by atoms with Crippen molar-refractivity contribution in [2.75, 3.05) is 19.6 Å². The van der Waals surface area contributed by atoms with Gasteiger partial charge in [0.1, 0.15) is 11.9 Å². The predicted octanol–water partition coefficient (Wildman–Crippen LogP) is 2.76. The summed E-state index contributed by atoms with van der Waals surface area (Å²) in [6, 6.07) is 9.72. The van der Waals surface area contributed by atoms with Crippen LogP contribution in [0.2, 0.25) is 0 Å². The number of aryl methyl sites for hydroxylation is 1. The van der Waals surface area contributed by atoms with Crippen molar-refractivity contribution in [1.29, 1.82) is 0 Å². The Morgan fingerprint density at radius 3 is 2.85 bits per heavy atom. The number of carbonyl (C=O) groups is 1. The summed E-state index contributed by atoms with van der Waals surface area (Å²) >= 11 is 0. The maximum atomic E-state index is 12.9. The van der Waals surface area contributed by atoms with Gasteiger partial charge in [-0.25, -0.2) is 4.98 Å². The van der Waals surface area contributed by atoms with Crippen LogP contribution >= 0.6 is 0 Å². The van der Waals surface area contributed by atoms with Crippen molar-refractivity contribution in [2.45, 2.75) is 32.2 Å². The van der Waals surface area contributed by atoms with Crippen molar-refractivity contribution in [3.8, 4) is 0 Å². The lowest BCUT2D eigenvalue weighted by atomic mass is 10.1. The molecule has 1 atom stereocenters. The number of likely N-dealkylation sites (tertiary alicyclic amines) is 1. The Balaban J connectivity index is 1.42. The first-order valence-corrected chi connectivity index (χ1v) is 9.58. The molecule has 1 saturated heterocycles. The molecule has 6 nitrogen and oxygen atoms in total. The van der Waals surface area contributed by atoms with Crippen molar-refractivity contribution in [2.24, 2.45) is 0 Å². The number of imidazole rings is 1. The number of nitrogens with zero attached hydrogens (tertiary/aromatic N) is 3. The molecule has 27 heavy (non-hydrogen) atoms. The second-order valence-corrected chi connectivity index (χ2v) is 7.13. The van der Waals surface area contributed by atoms with Crippen molar-refractivity contribution >= 4 is 16.9 Å². The third kappa shape index (κ3) is 3.85. The molecule has 0 unspecified atom stereocenters. The molecule has 6 heteroatoms. The smallest absolute Gasteiger partial charge is 0.242 e. The molecule has 0 aliphatic carbocycles. The number of hydrogen-bond donors (Lipinski definition) is 2. The summed E-state index contributed by atoms with van der Waals surface area (Å²) < 4.78 is 0. The average Bonchev–Trinajstić information content (AvgIpc) is 3.33. The Bertz CT molecular complexity index is 915. The molecule has 1 fully saturated rings. The highest BCUT2D eigenvalue weighted by atomic mass is 16.2. The molecule has 0 bridgehead atoms. The quantitative estimate of drug-likeness (QED) is 0.706. The minimum Gasteiger partial charge on any atom is -0.354 e. The van der Waals surface area contributed by atoms with Gasteiger partial charge in [-0.1, -0.05) is 18.2 Å². The number of amides is 1. The highest BCUT2D eigenvalue weighted by Crippen LogP contribution is 2.24. The van der Waals surface area contributed by atoms with E-state index in [-0.39, 0.29) is 11.9 Å². The third-order valence-electron chi connectivity index (χ3n) is 5.18. The van der Waals surface area contributed by atoms with Crippen LogP contribution in [0.25, 0.3) is 11.0 Å². The van der Waals surface area contributed by atoms with Gasteiger partial charge in [-0.3, -0.25) is 14.7 Å². The highest BCUT2D eigenvalue weighted by molar-refractivity contribution is 5.83. The molecule has 2 N–H and O–H groups in total. The second-order valence-electron chi connectivity index (χ2n) is 7.13. The van der Waals surface area contributed by atoms with Gasteiger partial charge in [0.2, 0.25) is 5.91 Å². The number of rotatable bonds is 6. The van der Waals surface area contributed by atoms with Gasteiger partial charge < -0.3 is 10.3 Å². The highest BCUT2D eigenvalue weighted by Gasteiger charge is 2.29. The van der Waals surface area contributed by atoms with E-state index in [1.807, 2.05) is 24.3 Å². The second kappa shape index (κ2) is 7.88. The Labute approximate surface area is 159 Å². The van der Waals surface area contributed by atoms with E-state index in [1.165, 1.54) is 0 Å². The zero-order chi connectivity index (χ0) is 18.6. The zero-order valence-corrected chi connectivity index (χ0v) is 15.6. The molecule has 1 aliphatic rings. The monoisotopic (exact) mass is 363 g/mol. The number of nitrogens with one attached hydrogen (secondary N) is 2. The van der Waals surface area contributed by atoms with E-state index in [2.05, 4.69) is 38.2 Å². The summed E-state index contributed by atoms with van der Waals surface area (Å²) in [6.45, 7) is 4.53. The van der Waals surface area contributed by atoms with E-state index < -0.39 is 0 Å². The summed E-state index contributed by atoms with van der Waals surface area (Å²) in [5.41, 5.74) is 4.16. The summed E-state index contributed by atoms with van der Waals surface area (Å²) in [7, 11) is 0. The fourth-order valence-electron chi connectivity index (χ4n) is 3.81. The molecule has 1 amide bonds. The van der Waals surface area contributed by atoms with Gasteiger partial charge in [0, 0.05) is 25.4 Å². The minimum absolute atomic E-state index is 0.0391. The lowest BCUT2D eigenvalue weighted by molar-refractivity contribution is -0.126. The summed E-state index contributed by atoms with van der Waals surface area (Å²) in [6.07, 6.45) is 6.50. The van der Waals surface area contributed by atoms with Crippen molar-refractivity contribution < 1.29 is 4.79 Å². The molecule has 1 aliphatic heterocycles. The standard InChI is InChI=1S/C21H25N5O/c1-15-6-4-8-17-19(15)25-18(24-17)9-11-23-21(27)20(26-12-2-3-13-26)16-7-5-10-22-14-16/h4-8,10,14,20H,2-3,9,11-13H2,1H3,(H,23,27)(H,24,25)/t20-/m0/s1. The van der Waals surface area contributed by atoms with Crippen LogP contribution in [0.3, 0.4) is 0 Å². The van der Waals surface area contributed by atoms with Crippen LogP contribution in [0.5, 0.6) is 0 Å². The number of H-pyrrole nitrogens is 1. The van der Waals surface area contributed by atoms with E-state index in [0.29, 0.717) is 13.0 Å². The molecule has 0 radical (unpaired) electrons.